The van der Waals surface area contributed by atoms with Crippen LogP contribution in [0, 0.1) is 6.92 Å². The molecule has 1 N–H and O–H groups in total. The van der Waals surface area contributed by atoms with Crippen molar-refractivity contribution in [1.29, 1.82) is 0 Å². The Kier molecular flexibility index (Phi) is 5.94. The Morgan fingerprint density at radius 1 is 1.17 bits per heavy atom. The van der Waals surface area contributed by atoms with E-state index in [4.69, 9.17) is 11.6 Å². The molecule has 0 radical (unpaired) electrons. The molecule has 4 aromatic rings. The lowest BCUT2D eigenvalue weighted by Gasteiger charge is -2.13. The van der Waals surface area contributed by atoms with E-state index in [1.807, 2.05) is 65.4 Å². The maximum Gasteiger partial charge on any atom is 0.236 e. The van der Waals surface area contributed by atoms with Crippen molar-refractivity contribution in [3.63, 3.8) is 0 Å². The van der Waals surface area contributed by atoms with Crippen molar-refractivity contribution in [3.8, 4) is 17.1 Å². The van der Waals surface area contributed by atoms with Gasteiger partial charge in [-0.05, 0) is 42.8 Å². The van der Waals surface area contributed by atoms with Crippen molar-refractivity contribution in [1.82, 2.24) is 19.7 Å². The summed E-state index contributed by atoms with van der Waals surface area (Å²) in [6.45, 7) is 2.03. The van der Waals surface area contributed by atoms with Gasteiger partial charge in [-0.15, -0.1) is 21.5 Å². The van der Waals surface area contributed by atoms with Gasteiger partial charge in [0.25, 0.3) is 0 Å². The van der Waals surface area contributed by atoms with Crippen LogP contribution in [-0.4, -0.2) is 31.4 Å². The number of carbonyl (C=O) groups is 1. The molecule has 2 aromatic heterocycles. The van der Waals surface area contributed by atoms with Gasteiger partial charge < -0.3 is 5.32 Å². The molecule has 2 heterocycles. The van der Waals surface area contributed by atoms with Crippen molar-refractivity contribution >= 4 is 45.7 Å². The minimum atomic E-state index is -0.141. The number of aromatic nitrogens is 4. The fraction of sp³-hybridized carbons (Fsp3) is 0.100. The second kappa shape index (κ2) is 8.77. The summed E-state index contributed by atoms with van der Waals surface area (Å²) in [6, 6.07) is 15.5. The Hall–Kier alpha value is -2.68. The average molecular weight is 442 g/mol. The lowest BCUT2D eigenvalue weighted by molar-refractivity contribution is -0.113. The van der Waals surface area contributed by atoms with Crippen LogP contribution in [-0.2, 0) is 4.79 Å². The molecule has 0 atom stereocenters. The number of nitrogens with zero attached hydrogens (tertiary/aromatic N) is 4. The normalized spacial score (nSPS) is 10.8. The third kappa shape index (κ3) is 4.50. The predicted octanol–water partition coefficient (Wildman–Crippen LogP) is 5.08. The maximum absolute atomic E-state index is 12.3. The lowest BCUT2D eigenvalue weighted by atomic mass is 10.1. The molecule has 6 nitrogen and oxygen atoms in total. The summed E-state index contributed by atoms with van der Waals surface area (Å²) < 4.78 is 1.97. The van der Waals surface area contributed by atoms with E-state index < -0.39 is 0 Å². The van der Waals surface area contributed by atoms with Crippen molar-refractivity contribution < 1.29 is 4.79 Å². The molecule has 4 rings (SSSR count). The first kappa shape index (κ1) is 19.6. The number of hydrogen-bond acceptors (Lipinski definition) is 6. The van der Waals surface area contributed by atoms with Crippen LogP contribution >= 0.6 is 34.7 Å². The summed E-state index contributed by atoms with van der Waals surface area (Å²) >= 11 is 8.74. The van der Waals surface area contributed by atoms with E-state index in [2.05, 4.69) is 20.5 Å². The third-order valence-corrected chi connectivity index (χ3v) is 5.97. The van der Waals surface area contributed by atoms with Gasteiger partial charge in [-0.25, -0.2) is 4.98 Å². The van der Waals surface area contributed by atoms with Crippen molar-refractivity contribution in [3.05, 3.63) is 70.7 Å². The van der Waals surface area contributed by atoms with E-state index in [-0.39, 0.29) is 11.7 Å². The van der Waals surface area contributed by atoms with Crippen LogP contribution in [0.1, 0.15) is 5.56 Å². The minimum absolute atomic E-state index is 0.141. The zero-order valence-electron chi connectivity index (χ0n) is 15.4. The second-order valence-electron chi connectivity index (χ2n) is 6.11. The minimum Gasteiger partial charge on any atom is -0.301 e. The molecule has 9 heteroatoms. The molecule has 0 spiro atoms. The summed E-state index contributed by atoms with van der Waals surface area (Å²) in [7, 11) is 0. The standard InChI is InChI=1S/C20H16ClN5OS2/c1-13-4-2-3-5-16(13)26-18(14-6-8-15(21)9-7-14)24-25-20(26)29-12-17(27)23-19-22-10-11-28-19/h2-11H,12H2,1H3,(H,22,23,27). The SMILES string of the molecule is Cc1ccccc1-n1c(SCC(=O)Nc2nccs2)nnc1-c1ccc(Cl)cc1. The summed E-state index contributed by atoms with van der Waals surface area (Å²) in [5.41, 5.74) is 2.94. The van der Waals surface area contributed by atoms with E-state index in [1.165, 1.54) is 23.1 Å². The largest absolute Gasteiger partial charge is 0.301 e. The fourth-order valence-electron chi connectivity index (χ4n) is 2.75. The van der Waals surface area contributed by atoms with Crippen LogP contribution in [0.5, 0.6) is 0 Å². The van der Waals surface area contributed by atoms with Gasteiger partial charge in [-0.1, -0.05) is 41.6 Å². The van der Waals surface area contributed by atoms with E-state index in [0.717, 1.165) is 16.8 Å². The molecule has 29 heavy (non-hydrogen) atoms. The van der Waals surface area contributed by atoms with E-state index in [0.29, 0.717) is 21.1 Å². The first-order valence-electron chi connectivity index (χ1n) is 8.71. The zero-order chi connectivity index (χ0) is 20.2. The Morgan fingerprint density at radius 3 is 2.69 bits per heavy atom. The highest BCUT2D eigenvalue weighted by molar-refractivity contribution is 7.99. The molecular formula is C20H16ClN5OS2. The summed E-state index contributed by atoms with van der Waals surface area (Å²) in [6.07, 6.45) is 1.65. The van der Waals surface area contributed by atoms with Crippen molar-refractivity contribution in [2.45, 2.75) is 12.1 Å². The molecule has 0 unspecified atom stereocenters. The Bertz CT molecular complexity index is 1130. The highest BCUT2D eigenvalue weighted by Gasteiger charge is 2.18. The number of nitrogens with one attached hydrogen (secondary N) is 1. The molecule has 0 saturated carbocycles. The number of amides is 1. The van der Waals surface area contributed by atoms with Gasteiger partial charge in [0.1, 0.15) is 0 Å². The average Bonchev–Trinajstić information content (AvgIpc) is 3.37. The number of hydrogen-bond donors (Lipinski definition) is 1. The van der Waals surface area contributed by atoms with Gasteiger partial charge >= 0.3 is 0 Å². The Morgan fingerprint density at radius 2 is 1.97 bits per heavy atom. The van der Waals surface area contributed by atoms with E-state index in [1.54, 1.807) is 6.20 Å². The molecule has 2 aromatic carbocycles. The van der Waals surface area contributed by atoms with Gasteiger partial charge in [0.15, 0.2) is 16.1 Å². The molecule has 0 bridgehead atoms. The quantitative estimate of drug-likeness (QED) is 0.422. The number of halogens is 1. The van der Waals surface area contributed by atoms with Crippen LogP contribution in [0.15, 0.2) is 65.3 Å². The highest BCUT2D eigenvalue weighted by Crippen LogP contribution is 2.30. The number of para-hydroxylation sites is 1. The zero-order valence-corrected chi connectivity index (χ0v) is 17.8. The maximum atomic E-state index is 12.3. The Labute approximate surface area is 181 Å². The third-order valence-electron chi connectivity index (χ3n) is 4.10. The van der Waals surface area contributed by atoms with Gasteiger partial charge in [-0.3, -0.25) is 9.36 Å². The number of anilines is 1. The smallest absolute Gasteiger partial charge is 0.236 e. The topological polar surface area (TPSA) is 72.7 Å². The molecule has 146 valence electrons. The number of thiazole rings is 1. The van der Waals surface area contributed by atoms with Gasteiger partial charge in [0.05, 0.1) is 11.4 Å². The number of aryl methyl sites for hydroxylation is 1. The summed E-state index contributed by atoms with van der Waals surface area (Å²) in [5, 5.41) is 15.2. The molecule has 0 aliphatic rings. The summed E-state index contributed by atoms with van der Waals surface area (Å²) in [4.78, 5) is 16.3. The van der Waals surface area contributed by atoms with Crippen LogP contribution in [0.4, 0.5) is 5.13 Å². The van der Waals surface area contributed by atoms with Crippen LogP contribution in [0.3, 0.4) is 0 Å². The van der Waals surface area contributed by atoms with Gasteiger partial charge in [0, 0.05) is 22.2 Å². The number of carbonyl (C=O) groups excluding carboxylic acids is 1. The first-order chi connectivity index (χ1) is 14.1. The molecule has 0 fully saturated rings. The molecular weight excluding hydrogens is 426 g/mol. The van der Waals surface area contributed by atoms with E-state index >= 15 is 0 Å². The van der Waals surface area contributed by atoms with E-state index in [9.17, 15) is 4.79 Å². The summed E-state index contributed by atoms with van der Waals surface area (Å²) in [5.74, 6) is 0.751. The number of benzene rings is 2. The highest BCUT2D eigenvalue weighted by atomic mass is 35.5. The second-order valence-corrected chi connectivity index (χ2v) is 8.38. The van der Waals surface area contributed by atoms with Crippen LogP contribution < -0.4 is 5.32 Å². The number of rotatable bonds is 6. The number of thioether (sulfide) groups is 1. The monoisotopic (exact) mass is 441 g/mol. The van der Waals surface area contributed by atoms with Gasteiger partial charge in [0.2, 0.25) is 5.91 Å². The van der Waals surface area contributed by atoms with Gasteiger partial charge in [-0.2, -0.15) is 0 Å². The molecule has 1 amide bonds. The Balaban J connectivity index is 1.66. The predicted molar refractivity (Wildman–Crippen MR) is 118 cm³/mol. The lowest BCUT2D eigenvalue weighted by Crippen LogP contribution is -2.14. The van der Waals surface area contributed by atoms with Crippen molar-refractivity contribution in [2.75, 3.05) is 11.1 Å². The van der Waals surface area contributed by atoms with Crippen molar-refractivity contribution in [2.24, 2.45) is 0 Å². The molecule has 0 aliphatic heterocycles. The first-order valence-corrected chi connectivity index (χ1v) is 11.0. The van der Waals surface area contributed by atoms with Crippen LogP contribution in [0.2, 0.25) is 5.02 Å². The van der Waals surface area contributed by atoms with Crippen LogP contribution in [0.25, 0.3) is 17.1 Å². The molecule has 0 saturated heterocycles. The fourth-order valence-corrected chi connectivity index (χ4v) is 4.17. The molecule has 0 aliphatic carbocycles.